The van der Waals surface area contributed by atoms with Crippen LogP contribution in [-0.2, 0) is 41.9 Å². The Bertz CT molecular complexity index is 806. The van der Waals surface area contributed by atoms with E-state index in [4.69, 9.17) is 32.7 Å². The highest BCUT2D eigenvalue weighted by molar-refractivity contribution is 7.54. The topological polar surface area (TPSA) is 112 Å². The molecule has 0 aromatic rings. The number of hydrogen-bond acceptors (Lipinski definition) is 9. The largest absolute Gasteiger partial charge is 0.384 e. The van der Waals surface area contributed by atoms with E-state index in [9.17, 15) is 9.13 Å². The normalized spacial score (nSPS) is 26.0. The van der Waals surface area contributed by atoms with Crippen LogP contribution < -0.4 is 0 Å². The standard InChI is InChI=1S/C25H50N4O9P2/c1-24(21-37-39(30,26-4-12-33-13-5-26)27-6-14-34-15-7-27)20-25(2,22-32-3)23-38-40(31,28-8-16-35-17-9-28)29-10-18-36-19-11-29/h24H,4-23H2,1-3H3/t24-,25+/m1/s1. The van der Waals surface area contributed by atoms with Crippen molar-refractivity contribution in [1.29, 1.82) is 0 Å². The van der Waals surface area contributed by atoms with Gasteiger partial charge in [-0.25, -0.2) is 18.7 Å². The highest BCUT2D eigenvalue weighted by Gasteiger charge is 2.44. The van der Waals surface area contributed by atoms with Gasteiger partial charge in [0.25, 0.3) is 0 Å². The Morgan fingerprint density at radius 3 is 1.35 bits per heavy atom. The predicted octanol–water partition coefficient (Wildman–Crippen LogP) is 2.24. The summed E-state index contributed by atoms with van der Waals surface area (Å²) >= 11 is 0. The Balaban J connectivity index is 1.41. The summed E-state index contributed by atoms with van der Waals surface area (Å²) in [5.41, 5.74) is -0.423. The lowest BCUT2D eigenvalue weighted by atomic mass is 9.83. The van der Waals surface area contributed by atoms with Crippen molar-refractivity contribution < 1.29 is 41.9 Å². The van der Waals surface area contributed by atoms with Crippen molar-refractivity contribution in [1.82, 2.24) is 18.7 Å². The first kappa shape index (κ1) is 32.9. The molecular weight excluding hydrogens is 562 g/mol. The summed E-state index contributed by atoms with van der Waals surface area (Å²) < 4.78 is 77.0. The minimum Gasteiger partial charge on any atom is -0.384 e. The average Bonchev–Trinajstić information content (AvgIpc) is 3.00. The monoisotopic (exact) mass is 612 g/mol. The van der Waals surface area contributed by atoms with Gasteiger partial charge >= 0.3 is 15.3 Å². The van der Waals surface area contributed by atoms with Gasteiger partial charge in [-0.15, -0.1) is 0 Å². The number of hydrogen-bond donors (Lipinski definition) is 0. The van der Waals surface area contributed by atoms with Crippen molar-refractivity contribution in [3.8, 4) is 0 Å². The van der Waals surface area contributed by atoms with Crippen LogP contribution in [0.4, 0.5) is 0 Å². The Kier molecular flexibility index (Phi) is 12.9. The molecule has 0 aromatic heterocycles. The highest BCUT2D eigenvalue weighted by atomic mass is 31.2. The number of morpholine rings is 4. The van der Waals surface area contributed by atoms with E-state index in [1.807, 2.05) is 18.7 Å². The van der Waals surface area contributed by atoms with Gasteiger partial charge in [-0.1, -0.05) is 13.8 Å². The fourth-order valence-electron chi connectivity index (χ4n) is 5.78. The lowest BCUT2D eigenvalue weighted by molar-refractivity contribution is 0.00479. The predicted molar refractivity (Wildman–Crippen MR) is 150 cm³/mol. The molecule has 0 radical (unpaired) electrons. The first-order valence-electron chi connectivity index (χ1n) is 14.6. The van der Waals surface area contributed by atoms with E-state index in [0.29, 0.717) is 125 Å². The van der Waals surface area contributed by atoms with Crippen LogP contribution in [0.15, 0.2) is 0 Å². The maximum absolute atomic E-state index is 14.5. The van der Waals surface area contributed by atoms with Crippen LogP contribution in [0.5, 0.6) is 0 Å². The Morgan fingerprint density at radius 2 is 1.00 bits per heavy atom. The Hall–Kier alpha value is 0.0200. The fourth-order valence-corrected chi connectivity index (χ4v) is 10.8. The molecule has 0 aromatic carbocycles. The van der Waals surface area contributed by atoms with Gasteiger partial charge in [0.1, 0.15) is 0 Å². The summed E-state index contributed by atoms with van der Waals surface area (Å²) in [5, 5.41) is 0. The van der Waals surface area contributed by atoms with Crippen molar-refractivity contribution in [2.24, 2.45) is 11.3 Å². The van der Waals surface area contributed by atoms with Crippen molar-refractivity contribution in [3.05, 3.63) is 0 Å². The highest BCUT2D eigenvalue weighted by Crippen LogP contribution is 2.57. The van der Waals surface area contributed by atoms with E-state index in [2.05, 4.69) is 13.8 Å². The second-order valence-corrected chi connectivity index (χ2v) is 16.1. The number of ether oxygens (including phenoxy) is 5. The molecule has 0 spiro atoms. The summed E-state index contributed by atoms with van der Waals surface area (Å²) in [5.74, 6) is 0.0605. The molecule has 0 bridgehead atoms. The molecule has 4 fully saturated rings. The molecule has 15 heteroatoms. The van der Waals surface area contributed by atoms with Crippen LogP contribution in [0, 0.1) is 11.3 Å². The molecule has 4 aliphatic heterocycles. The zero-order valence-electron chi connectivity index (χ0n) is 24.6. The quantitative estimate of drug-likeness (QED) is 0.268. The summed E-state index contributed by atoms with van der Waals surface area (Å²) in [6.45, 7) is 14.1. The Morgan fingerprint density at radius 1 is 0.650 bits per heavy atom. The zero-order chi connectivity index (χ0) is 28.5. The summed E-state index contributed by atoms with van der Waals surface area (Å²) in [4.78, 5) is 0. The van der Waals surface area contributed by atoms with Crippen LogP contribution in [0.25, 0.3) is 0 Å². The molecule has 4 aliphatic rings. The third-order valence-corrected chi connectivity index (χ3v) is 13.2. The van der Waals surface area contributed by atoms with E-state index >= 15 is 0 Å². The van der Waals surface area contributed by atoms with E-state index in [-0.39, 0.29) is 12.5 Å². The molecule has 0 aliphatic carbocycles. The van der Waals surface area contributed by atoms with Crippen molar-refractivity contribution >= 4 is 15.3 Å². The van der Waals surface area contributed by atoms with Crippen LogP contribution in [-0.4, -0.2) is 151 Å². The van der Waals surface area contributed by atoms with Gasteiger partial charge in [0.15, 0.2) is 0 Å². The molecule has 0 N–H and O–H groups in total. The van der Waals surface area contributed by atoms with Crippen molar-refractivity contribution in [2.45, 2.75) is 20.3 Å². The summed E-state index contributed by atoms with van der Waals surface area (Å²) in [7, 11) is -4.82. The second kappa shape index (κ2) is 15.7. The van der Waals surface area contributed by atoms with Crippen LogP contribution >= 0.6 is 15.3 Å². The molecule has 4 heterocycles. The van der Waals surface area contributed by atoms with Gasteiger partial charge in [0.05, 0.1) is 72.7 Å². The molecule has 0 amide bonds. The third-order valence-electron chi connectivity index (χ3n) is 7.82. The second-order valence-electron chi connectivity index (χ2n) is 11.4. The van der Waals surface area contributed by atoms with Crippen molar-refractivity contribution in [2.75, 3.05) is 132 Å². The molecule has 0 saturated carbocycles. The number of rotatable bonds is 14. The van der Waals surface area contributed by atoms with Crippen molar-refractivity contribution in [3.63, 3.8) is 0 Å². The van der Waals surface area contributed by atoms with Crippen LogP contribution in [0.2, 0.25) is 0 Å². The van der Waals surface area contributed by atoms with E-state index in [0.717, 1.165) is 0 Å². The zero-order valence-corrected chi connectivity index (χ0v) is 26.4. The lowest BCUT2D eigenvalue weighted by Crippen LogP contribution is -2.45. The Labute approximate surface area is 239 Å². The van der Waals surface area contributed by atoms with E-state index < -0.39 is 20.8 Å². The molecular formula is C25H50N4O9P2. The maximum Gasteiger partial charge on any atom is 0.346 e. The van der Waals surface area contributed by atoms with Gasteiger partial charge in [-0.3, -0.25) is 9.13 Å². The smallest absolute Gasteiger partial charge is 0.346 e. The first-order chi connectivity index (χ1) is 19.3. The minimum absolute atomic E-state index is 0.0605. The van der Waals surface area contributed by atoms with Gasteiger partial charge in [-0.2, -0.15) is 0 Å². The lowest BCUT2D eigenvalue weighted by Gasteiger charge is -2.43. The third kappa shape index (κ3) is 8.56. The van der Waals surface area contributed by atoms with E-state index in [1.54, 1.807) is 7.11 Å². The van der Waals surface area contributed by atoms with Crippen LogP contribution in [0.3, 0.4) is 0 Å². The molecule has 13 nitrogen and oxygen atoms in total. The molecule has 2 atom stereocenters. The van der Waals surface area contributed by atoms with E-state index in [1.165, 1.54) is 0 Å². The molecule has 234 valence electrons. The molecule has 40 heavy (non-hydrogen) atoms. The molecule has 0 unspecified atom stereocenters. The number of methoxy groups -OCH3 is 1. The summed E-state index contributed by atoms with van der Waals surface area (Å²) in [6.07, 6.45) is 0.694. The van der Waals surface area contributed by atoms with Gasteiger partial charge in [0.2, 0.25) is 0 Å². The SMILES string of the molecule is COC[C@@](C)(COP(=O)(N1CCOCC1)N1CCOCC1)C[C@@H](C)COP(=O)(N1CCOCC1)N1CCOCC1. The van der Waals surface area contributed by atoms with Crippen LogP contribution in [0.1, 0.15) is 20.3 Å². The minimum atomic E-state index is -3.27. The van der Waals surface area contributed by atoms with Gasteiger partial charge in [0, 0.05) is 64.9 Å². The first-order valence-corrected chi connectivity index (χ1v) is 17.7. The fraction of sp³-hybridized carbons (Fsp3) is 1.00. The number of nitrogens with zero attached hydrogens (tertiary/aromatic N) is 4. The average molecular weight is 613 g/mol. The molecule has 4 rings (SSSR count). The maximum atomic E-state index is 14.5. The van der Waals surface area contributed by atoms with Gasteiger partial charge < -0.3 is 32.7 Å². The summed E-state index contributed by atoms with van der Waals surface area (Å²) in [6, 6.07) is 0. The van der Waals surface area contributed by atoms with Gasteiger partial charge in [-0.05, 0) is 12.3 Å². The molecule has 4 saturated heterocycles.